The molecular formula is C16H21N3O4S. The number of benzene rings is 1. The molecule has 0 amide bonds. The van der Waals surface area contributed by atoms with E-state index < -0.39 is 10.2 Å². The molecule has 1 aromatic heterocycles. The lowest BCUT2D eigenvalue weighted by molar-refractivity contribution is -0.00293. The molecule has 1 atom stereocenters. The quantitative estimate of drug-likeness (QED) is 0.886. The third kappa shape index (κ3) is 3.67. The molecule has 0 spiro atoms. The summed E-state index contributed by atoms with van der Waals surface area (Å²) in [4.78, 5) is 0. The number of nitrogens with one attached hydrogen (secondary N) is 1. The number of rotatable bonds is 5. The van der Waals surface area contributed by atoms with E-state index in [0.717, 1.165) is 11.1 Å². The molecule has 0 bridgehead atoms. The van der Waals surface area contributed by atoms with Crippen molar-refractivity contribution in [3.63, 3.8) is 0 Å². The van der Waals surface area contributed by atoms with Crippen molar-refractivity contribution in [2.75, 3.05) is 19.7 Å². The number of aromatic nitrogens is 1. The van der Waals surface area contributed by atoms with Gasteiger partial charge in [0, 0.05) is 25.2 Å². The molecule has 130 valence electrons. The second kappa shape index (κ2) is 7.02. The van der Waals surface area contributed by atoms with E-state index in [9.17, 15) is 8.42 Å². The maximum Gasteiger partial charge on any atom is 0.279 e. The van der Waals surface area contributed by atoms with Crippen LogP contribution >= 0.6 is 0 Å². The first kappa shape index (κ1) is 17.1. The van der Waals surface area contributed by atoms with Crippen LogP contribution in [0.3, 0.4) is 0 Å². The Bertz CT molecular complexity index is 769. The van der Waals surface area contributed by atoms with Gasteiger partial charge in [-0.3, -0.25) is 0 Å². The zero-order chi connectivity index (χ0) is 17.2. The summed E-state index contributed by atoms with van der Waals surface area (Å²) in [5.74, 6) is 0.624. The number of hydrogen-bond donors (Lipinski definition) is 1. The first-order chi connectivity index (χ1) is 11.5. The van der Waals surface area contributed by atoms with Crippen LogP contribution in [-0.4, -0.2) is 37.6 Å². The second-order valence-corrected chi connectivity index (χ2v) is 7.51. The van der Waals surface area contributed by atoms with Crippen molar-refractivity contribution >= 4 is 10.2 Å². The molecule has 0 aliphatic carbocycles. The minimum atomic E-state index is -3.60. The highest BCUT2D eigenvalue weighted by Gasteiger charge is 2.30. The molecule has 0 saturated carbocycles. The Balaban J connectivity index is 1.68. The Labute approximate surface area is 141 Å². The van der Waals surface area contributed by atoms with E-state index in [-0.39, 0.29) is 12.6 Å². The lowest BCUT2D eigenvalue weighted by Gasteiger charge is -2.32. The largest absolute Gasteiger partial charge is 0.371 e. The predicted molar refractivity (Wildman–Crippen MR) is 88.4 cm³/mol. The third-order valence-electron chi connectivity index (χ3n) is 4.15. The van der Waals surface area contributed by atoms with E-state index in [2.05, 4.69) is 9.88 Å². The minimum Gasteiger partial charge on any atom is -0.371 e. The van der Waals surface area contributed by atoms with Gasteiger partial charge in [0.15, 0.2) is 0 Å². The van der Waals surface area contributed by atoms with E-state index >= 15 is 0 Å². The normalized spacial score (nSPS) is 19.5. The highest BCUT2D eigenvalue weighted by molar-refractivity contribution is 7.87. The SMILES string of the molecule is Cc1noc(C)c1CNS(=O)(=O)N1CCO[C@H](c2ccccc2)C1. The van der Waals surface area contributed by atoms with E-state index in [1.807, 2.05) is 30.3 Å². The molecule has 24 heavy (non-hydrogen) atoms. The van der Waals surface area contributed by atoms with Gasteiger partial charge >= 0.3 is 0 Å². The zero-order valence-corrected chi connectivity index (χ0v) is 14.5. The molecule has 3 rings (SSSR count). The van der Waals surface area contributed by atoms with E-state index in [1.54, 1.807) is 13.8 Å². The monoisotopic (exact) mass is 351 g/mol. The molecule has 1 N–H and O–H groups in total. The number of morpholine rings is 1. The number of ether oxygens (including phenoxy) is 1. The maximum atomic E-state index is 12.6. The molecule has 7 nitrogen and oxygen atoms in total. The van der Waals surface area contributed by atoms with Crippen LogP contribution in [0.25, 0.3) is 0 Å². The molecule has 1 aliphatic rings. The average Bonchev–Trinajstić information content (AvgIpc) is 2.92. The van der Waals surface area contributed by atoms with Crippen LogP contribution in [0, 0.1) is 13.8 Å². The van der Waals surface area contributed by atoms with Crippen LogP contribution in [0.15, 0.2) is 34.9 Å². The van der Waals surface area contributed by atoms with Crippen molar-refractivity contribution in [2.24, 2.45) is 0 Å². The van der Waals surface area contributed by atoms with Crippen LogP contribution in [-0.2, 0) is 21.5 Å². The van der Waals surface area contributed by atoms with Crippen molar-refractivity contribution in [2.45, 2.75) is 26.5 Å². The van der Waals surface area contributed by atoms with Crippen molar-refractivity contribution in [1.82, 2.24) is 14.2 Å². The average molecular weight is 351 g/mol. The van der Waals surface area contributed by atoms with Gasteiger partial charge in [-0.1, -0.05) is 35.5 Å². The summed E-state index contributed by atoms with van der Waals surface area (Å²) in [5.41, 5.74) is 2.44. The van der Waals surface area contributed by atoms with Gasteiger partial charge in [-0.2, -0.15) is 17.4 Å². The molecule has 0 radical (unpaired) electrons. The van der Waals surface area contributed by atoms with Crippen molar-refractivity contribution < 1.29 is 17.7 Å². The number of nitrogens with zero attached hydrogens (tertiary/aromatic N) is 2. The summed E-state index contributed by atoms with van der Waals surface area (Å²) in [6.07, 6.45) is -0.254. The van der Waals surface area contributed by atoms with Crippen molar-refractivity contribution in [1.29, 1.82) is 0 Å². The van der Waals surface area contributed by atoms with Gasteiger partial charge in [-0.15, -0.1) is 0 Å². The van der Waals surface area contributed by atoms with Crippen LogP contribution < -0.4 is 4.72 Å². The van der Waals surface area contributed by atoms with Gasteiger partial charge in [0.2, 0.25) is 0 Å². The van der Waals surface area contributed by atoms with Gasteiger partial charge in [0.1, 0.15) is 5.76 Å². The molecule has 1 aliphatic heterocycles. The first-order valence-corrected chi connectivity index (χ1v) is 9.24. The predicted octanol–water partition coefficient (Wildman–Crippen LogP) is 1.70. The molecule has 1 aromatic carbocycles. The first-order valence-electron chi connectivity index (χ1n) is 7.80. The molecule has 1 saturated heterocycles. The summed E-state index contributed by atoms with van der Waals surface area (Å²) in [6.45, 7) is 4.72. The summed E-state index contributed by atoms with van der Waals surface area (Å²) in [7, 11) is -3.60. The smallest absolute Gasteiger partial charge is 0.279 e. The topological polar surface area (TPSA) is 84.7 Å². The Morgan fingerprint density at radius 2 is 2.04 bits per heavy atom. The molecule has 1 fully saturated rings. The fraction of sp³-hybridized carbons (Fsp3) is 0.438. The Morgan fingerprint density at radius 3 is 2.71 bits per heavy atom. The van der Waals surface area contributed by atoms with Gasteiger partial charge in [-0.25, -0.2) is 0 Å². The fourth-order valence-corrected chi connectivity index (χ4v) is 3.88. The van der Waals surface area contributed by atoms with Gasteiger partial charge < -0.3 is 9.26 Å². The summed E-state index contributed by atoms with van der Waals surface area (Å²) >= 11 is 0. The maximum absolute atomic E-state index is 12.6. The molecule has 0 unspecified atom stereocenters. The van der Waals surface area contributed by atoms with Crippen LogP contribution in [0.4, 0.5) is 0 Å². The molecule has 2 heterocycles. The highest BCUT2D eigenvalue weighted by atomic mass is 32.2. The Hall–Kier alpha value is -1.74. The Kier molecular flexibility index (Phi) is 5.00. The van der Waals surface area contributed by atoms with Crippen molar-refractivity contribution in [3.8, 4) is 0 Å². The third-order valence-corrected chi connectivity index (χ3v) is 5.67. The molecule has 2 aromatic rings. The summed E-state index contributed by atoms with van der Waals surface area (Å²) in [5, 5.41) is 3.84. The van der Waals surface area contributed by atoms with Gasteiger partial charge in [-0.05, 0) is 19.4 Å². The lowest BCUT2D eigenvalue weighted by Crippen LogP contribution is -2.47. The van der Waals surface area contributed by atoms with Gasteiger partial charge in [0.25, 0.3) is 10.2 Å². The number of hydrogen-bond acceptors (Lipinski definition) is 5. The van der Waals surface area contributed by atoms with E-state index in [0.29, 0.717) is 31.2 Å². The minimum absolute atomic E-state index is 0.164. The standard InChI is InChI=1S/C16H21N3O4S/c1-12-15(13(2)23-18-12)10-17-24(20,21)19-8-9-22-16(11-19)14-6-4-3-5-7-14/h3-7,16-17H,8-11H2,1-2H3/t16-/m0/s1. The number of aryl methyl sites for hydroxylation is 2. The van der Waals surface area contributed by atoms with Crippen LogP contribution in [0.1, 0.15) is 28.7 Å². The lowest BCUT2D eigenvalue weighted by atomic mass is 10.1. The zero-order valence-electron chi connectivity index (χ0n) is 13.7. The van der Waals surface area contributed by atoms with Crippen LogP contribution in [0.5, 0.6) is 0 Å². The molecule has 8 heteroatoms. The molecular weight excluding hydrogens is 330 g/mol. The fourth-order valence-electron chi connectivity index (χ4n) is 2.72. The summed E-state index contributed by atoms with van der Waals surface area (Å²) in [6, 6.07) is 9.64. The van der Waals surface area contributed by atoms with E-state index in [1.165, 1.54) is 4.31 Å². The Morgan fingerprint density at radius 1 is 1.29 bits per heavy atom. The van der Waals surface area contributed by atoms with Gasteiger partial charge in [0.05, 0.1) is 18.4 Å². The van der Waals surface area contributed by atoms with E-state index in [4.69, 9.17) is 9.26 Å². The highest BCUT2D eigenvalue weighted by Crippen LogP contribution is 2.23. The summed E-state index contributed by atoms with van der Waals surface area (Å²) < 4.78 is 40.0. The second-order valence-electron chi connectivity index (χ2n) is 5.76. The van der Waals surface area contributed by atoms with Crippen LogP contribution in [0.2, 0.25) is 0 Å². The van der Waals surface area contributed by atoms with Crippen molar-refractivity contribution in [3.05, 3.63) is 52.9 Å².